The SMILES string of the molecule is CN[C@H]1CCNC[C@H]1C. The molecule has 0 unspecified atom stereocenters. The van der Waals surface area contributed by atoms with E-state index in [1.807, 2.05) is 7.05 Å². The van der Waals surface area contributed by atoms with Gasteiger partial charge in [0.1, 0.15) is 0 Å². The van der Waals surface area contributed by atoms with E-state index in [1.165, 1.54) is 19.5 Å². The van der Waals surface area contributed by atoms with Gasteiger partial charge in [0.15, 0.2) is 0 Å². The van der Waals surface area contributed by atoms with E-state index in [4.69, 9.17) is 0 Å². The highest BCUT2D eigenvalue weighted by Crippen LogP contribution is 2.08. The van der Waals surface area contributed by atoms with Crippen molar-refractivity contribution in [2.24, 2.45) is 5.92 Å². The van der Waals surface area contributed by atoms with E-state index in [2.05, 4.69) is 17.6 Å². The molecule has 0 aromatic rings. The van der Waals surface area contributed by atoms with Crippen LogP contribution in [0.25, 0.3) is 0 Å². The van der Waals surface area contributed by atoms with Crippen LogP contribution in [0.15, 0.2) is 0 Å². The van der Waals surface area contributed by atoms with Crippen molar-refractivity contribution in [1.82, 2.24) is 10.6 Å². The summed E-state index contributed by atoms with van der Waals surface area (Å²) in [6, 6.07) is 0.742. The zero-order valence-corrected chi connectivity index (χ0v) is 6.28. The van der Waals surface area contributed by atoms with Crippen molar-refractivity contribution in [2.45, 2.75) is 19.4 Å². The van der Waals surface area contributed by atoms with Crippen molar-refractivity contribution in [2.75, 3.05) is 20.1 Å². The maximum absolute atomic E-state index is 3.36. The molecule has 0 radical (unpaired) electrons. The minimum absolute atomic E-state index is 0.742. The Morgan fingerprint density at radius 3 is 2.78 bits per heavy atom. The van der Waals surface area contributed by atoms with Gasteiger partial charge in [0.2, 0.25) is 0 Å². The Bertz CT molecular complexity index is 83.0. The molecule has 0 aromatic carbocycles. The average Bonchev–Trinajstić information content (AvgIpc) is 1.89. The lowest BCUT2D eigenvalue weighted by atomic mass is 9.96. The Hall–Kier alpha value is -0.0800. The molecule has 1 saturated heterocycles. The van der Waals surface area contributed by atoms with Crippen molar-refractivity contribution in [3.05, 3.63) is 0 Å². The molecule has 0 saturated carbocycles. The smallest absolute Gasteiger partial charge is 0.0114 e. The summed E-state index contributed by atoms with van der Waals surface area (Å²) >= 11 is 0. The van der Waals surface area contributed by atoms with Crippen molar-refractivity contribution >= 4 is 0 Å². The second-order valence-corrected chi connectivity index (χ2v) is 2.87. The summed E-state index contributed by atoms with van der Waals surface area (Å²) < 4.78 is 0. The summed E-state index contributed by atoms with van der Waals surface area (Å²) in [5.74, 6) is 0.795. The summed E-state index contributed by atoms with van der Waals surface area (Å²) in [7, 11) is 2.05. The van der Waals surface area contributed by atoms with Crippen LogP contribution < -0.4 is 10.6 Å². The topological polar surface area (TPSA) is 24.1 Å². The number of piperidine rings is 1. The van der Waals surface area contributed by atoms with Gasteiger partial charge < -0.3 is 10.6 Å². The molecule has 2 nitrogen and oxygen atoms in total. The van der Waals surface area contributed by atoms with Crippen LogP contribution in [-0.4, -0.2) is 26.2 Å². The molecule has 0 amide bonds. The van der Waals surface area contributed by atoms with E-state index in [1.54, 1.807) is 0 Å². The highest BCUT2D eigenvalue weighted by Gasteiger charge is 2.17. The van der Waals surface area contributed by atoms with Gasteiger partial charge in [-0.3, -0.25) is 0 Å². The Morgan fingerprint density at radius 1 is 1.56 bits per heavy atom. The van der Waals surface area contributed by atoms with Crippen LogP contribution in [-0.2, 0) is 0 Å². The molecular formula is C7H16N2. The predicted octanol–water partition coefficient (Wildman–Crippen LogP) is 0.204. The molecule has 0 spiro atoms. The van der Waals surface area contributed by atoms with E-state index in [-0.39, 0.29) is 0 Å². The Labute approximate surface area is 57.0 Å². The summed E-state index contributed by atoms with van der Waals surface area (Å²) in [4.78, 5) is 0. The highest BCUT2D eigenvalue weighted by molar-refractivity contribution is 4.78. The van der Waals surface area contributed by atoms with Gasteiger partial charge >= 0.3 is 0 Å². The van der Waals surface area contributed by atoms with Crippen molar-refractivity contribution < 1.29 is 0 Å². The van der Waals surface area contributed by atoms with Crippen LogP contribution in [0.5, 0.6) is 0 Å². The second kappa shape index (κ2) is 3.18. The van der Waals surface area contributed by atoms with Crippen LogP contribution in [0, 0.1) is 5.92 Å². The van der Waals surface area contributed by atoms with Crippen molar-refractivity contribution in [3.63, 3.8) is 0 Å². The standard InChI is InChI=1S/C7H16N2/c1-6-5-9-4-3-7(6)8-2/h6-9H,3-5H2,1-2H3/t6-,7+/m1/s1. The lowest BCUT2D eigenvalue weighted by molar-refractivity contribution is 0.311. The average molecular weight is 128 g/mol. The fraction of sp³-hybridized carbons (Fsp3) is 1.00. The second-order valence-electron chi connectivity index (χ2n) is 2.87. The van der Waals surface area contributed by atoms with Gasteiger partial charge in [-0.15, -0.1) is 0 Å². The minimum Gasteiger partial charge on any atom is -0.317 e. The lowest BCUT2D eigenvalue weighted by Crippen LogP contribution is -2.44. The number of nitrogens with one attached hydrogen (secondary N) is 2. The van der Waals surface area contributed by atoms with Gasteiger partial charge in [-0.2, -0.15) is 0 Å². The van der Waals surface area contributed by atoms with E-state index < -0.39 is 0 Å². The van der Waals surface area contributed by atoms with Gasteiger partial charge in [-0.25, -0.2) is 0 Å². The molecule has 1 rings (SSSR count). The Morgan fingerprint density at radius 2 is 2.33 bits per heavy atom. The zero-order valence-electron chi connectivity index (χ0n) is 6.28. The fourth-order valence-corrected chi connectivity index (χ4v) is 1.44. The molecule has 0 bridgehead atoms. The highest BCUT2D eigenvalue weighted by atomic mass is 15.0. The first-order valence-electron chi connectivity index (χ1n) is 3.72. The third-order valence-electron chi connectivity index (χ3n) is 2.16. The monoisotopic (exact) mass is 128 g/mol. The largest absolute Gasteiger partial charge is 0.317 e. The van der Waals surface area contributed by atoms with Gasteiger partial charge in [-0.05, 0) is 32.5 Å². The van der Waals surface area contributed by atoms with Crippen LogP contribution >= 0.6 is 0 Å². The molecule has 0 aromatic heterocycles. The molecule has 0 aliphatic carbocycles. The third kappa shape index (κ3) is 1.66. The molecule has 1 fully saturated rings. The first-order valence-corrected chi connectivity index (χ1v) is 3.72. The van der Waals surface area contributed by atoms with Gasteiger partial charge in [-0.1, -0.05) is 6.92 Å². The van der Waals surface area contributed by atoms with Crippen LogP contribution in [0.4, 0.5) is 0 Å². The molecule has 54 valence electrons. The Balaban J connectivity index is 2.30. The van der Waals surface area contributed by atoms with E-state index in [0.29, 0.717) is 0 Å². The minimum atomic E-state index is 0.742. The van der Waals surface area contributed by atoms with Crippen LogP contribution in [0.3, 0.4) is 0 Å². The van der Waals surface area contributed by atoms with Gasteiger partial charge in [0.25, 0.3) is 0 Å². The van der Waals surface area contributed by atoms with Crippen LogP contribution in [0.1, 0.15) is 13.3 Å². The first-order chi connectivity index (χ1) is 4.34. The molecule has 2 N–H and O–H groups in total. The van der Waals surface area contributed by atoms with Crippen molar-refractivity contribution in [3.8, 4) is 0 Å². The zero-order chi connectivity index (χ0) is 6.69. The van der Waals surface area contributed by atoms with Gasteiger partial charge in [0, 0.05) is 6.04 Å². The maximum atomic E-state index is 3.36. The molecular weight excluding hydrogens is 112 g/mol. The fourth-order valence-electron chi connectivity index (χ4n) is 1.44. The third-order valence-corrected chi connectivity index (χ3v) is 2.16. The molecule has 1 aliphatic heterocycles. The summed E-state index contributed by atoms with van der Waals surface area (Å²) in [6.45, 7) is 4.63. The van der Waals surface area contributed by atoms with Gasteiger partial charge in [0.05, 0.1) is 0 Å². The Kier molecular flexibility index (Phi) is 2.49. The van der Waals surface area contributed by atoms with E-state index >= 15 is 0 Å². The maximum Gasteiger partial charge on any atom is 0.0114 e. The first kappa shape index (κ1) is 7.03. The quantitative estimate of drug-likeness (QED) is 0.527. The van der Waals surface area contributed by atoms with E-state index in [9.17, 15) is 0 Å². The van der Waals surface area contributed by atoms with Crippen LogP contribution in [0.2, 0.25) is 0 Å². The number of hydrogen-bond donors (Lipinski definition) is 2. The molecule has 2 heteroatoms. The summed E-state index contributed by atoms with van der Waals surface area (Å²) in [5, 5.41) is 6.67. The van der Waals surface area contributed by atoms with Crippen molar-refractivity contribution in [1.29, 1.82) is 0 Å². The predicted molar refractivity (Wildman–Crippen MR) is 39.5 cm³/mol. The molecule has 1 heterocycles. The molecule has 9 heavy (non-hydrogen) atoms. The normalized spacial score (nSPS) is 36.7. The summed E-state index contributed by atoms with van der Waals surface area (Å²) in [5.41, 5.74) is 0. The molecule has 2 atom stereocenters. The van der Waals surface area contributed by atoms with E-state index in [0.717, 1.165) is 12.0 Å². The lowest BCUT2D eigenvalue weighted by Gasteiger charge is -2.28. The molecule has 1 aliphatic rings. The number of rotatable bonds is 1. The summed E-state index contributed by atoms with van der Waals surface area (Å²) in [6.07, 6.45) is 1.28. The number of hydrogen-bond acceptors (Lipinski definition) is 2.